The summed E-state index contributed by atoms with van der Waals surface area (Å²) in [7, 11) is 1.84. The molecule has 0 fully saturated rings. The molecule has 154 valence electrons. The van der Waals surface area contributed by atoms with Gasteiger partial charge in [0.25, 0.3) is 11.8 Å². The normalized spacial score (nSPS) is 15.0. The van der Waals surface area contributed by atoms with Crippen molar-refractivity contribution in [3.63, 3.8) is 0 Å². The van der Waals surface area contributed by atoms with Gasteiger partial charge in [-0.3, -0.25) is 9.59 Å². The zero-order chi connectivity index (χ0) is 21.3. The van der Waals surface area contributed by atoms with E-state index in [1.807, 2.05) is 31.0 Å². The van der Waals surface area contributed by atoms with Crippen molar-refractivity contribution < 1.29 is 9.59 Å². The summed E-state index contributed by atoms with van der Waals surface area (Å²) in [5, 5.41) is 0. The van der Waals surface area contributed by atoms with Gasteiger partial charge in [-0.15, -0.1) is 0 Å². The third-order valence-corrected chi connectivity index (χ3v) is 5.84. The van der Waals surface area contributed by atoms with Gasteiger partial charge >= 0.3 is 0 Å². The molecule has 4 nitrogen and oxygen atoms in total. The first kappa shape index (κ1) is 21.1. The van der Waals surface area contributed by atoms with Crippen LogP contribution in [0.3, 0.4) is 0 Å². The summed E-state index contributed by atoms with van der Waals surface area (Å²) in [5.41, 5.74) is 6.75. The molecule has 0 radical (unpaired) electrons. The number of hydrogen-bond donors (Lipinski definition) is 0. The van der Waals surface area contributed by atoms with Crippen LogP contribution in [0.2, 0.25) is 0 Å². The molecule has 2 aromatic rings. The minimum absolute atomic E-state index is 0.148. The van der Waals surface area contributed by atoms with Gasteiger partial charge in [-0.1, -0.05) is 52.0 Å². The second-order valence-corrected chi connectivity index (χ2v) is 8.62. The average molecular weight is 393 g/mol. The highest BCUT2D eigenvalue weighted by Gasteiger charge is 2.26. The molecule has 0 saturated carbocycles. The zero-order valence-corrected chi connectivity index (χ0v) is 18.5. The van der Waals surface area contributed by atoms with Crippen molar-refractivity contribution in [3.05, 3.63) is 69.8 Å². The number of benzene rings is 2. The number of nitrogens with zero attached hydrogens (tertiary/aromatic N) is 2. The van der Waals surface area contributed by atoms with Gasteiger partial charge in [-0.25, -0.2) is 0 Å². The van der Waals surface area contributed by atoms with Crippen LogP contribution < -0.4 is 0 Å². The summed E-state index contributed by atoms with van der Waals surface area (Å²) < 4.78 is 0. The minimum atomic E-state index is 0.148. The maximum atomic E-state index is 11.8. The molecule has 29 heavy (non-hydrogen) atoms. The maximum absolute atomic E-state index is 11.8. The van der Waals surface area contributed by atoms with Crippen LogP contribution in [0.4, 0.5) is 0 Å². The minimum Gasteiger partial charge on any atom is -0.337 e. The lowest BCUT2D eigenvalue weighted by atomic mass is 9.98. The molecule has 2 heterocycles. The number of rotatable bonds is 3. The van der Waals surface area contributed by atoms with E-state index in [4.69, 9.17) is 0 Å². The van der Waals surface area contributed by atoms with Crippen LogP contribution in [0.25, 0.3) is 0 Å². The third-order valence-electron chi connectivity index (χ3n) is 5.84. The summed E-state index contributed by atoms with van der Waals surface area (Å²) in [6, 6.07) is 12.4. The van der Waals surface area contributed by atoms with E-state index in [0.717, 1.165) is 30.8 Å². The fourth-order valence-electron chi connectivity index (χ4n) is 3.86. The van der Waals surface area contributed by atoms with E-state index in [1.165, 1.54) is 22.3 Å². The highest BCUT2D eigenvalue weighted by Crippen LogP contribution is 2.27. The molecule has 4 rings (SSSR count). The zero-order valence-electron chi connectivity index (χ0n) is 18.5. The van der Waals surface area contributed by atoms with Crippen molar-refractivity contribution in [1.82, 2.24) is 9.80 Å². The Morgan fingerprint density at radius 3 is 1.76 bits per heavy atom. The SMILES string of the molecule is CC(C)c1ccc2c(c1)CN(C)C2=O.CCN1Cc2cc(C(C)C)ccc2C1=O. The lowest BCUT2D eigenvalue weighted by Crippen LogP contribution is -2.22. The third kappa shape index (κ3) is 4.21. The highest BCUT2D eigenvalue weighted by molar-refractivity contribution is 5.98. The summed E-state index contributed by atoms with van der Waals surface area (Å²) in [6.45, 7) is 13.0. The van der Waals surface area contributed by atoms with Crippen LogP contribution in [-0.2, 0) is 13.1 Å². The fraction of sp³-hybridized carbons (Fsp3) is 0.440. The summed E-state index contributed by atoms with van der Waals surface area (Å²) in [6.07, 6.45) is 0. The number of carbonyl (C=O) groups is 2. The summed E-state index contributed by atoms with van der Waals surface area (Å²) >= 11 is 0. The first-order valence-electron chi connectivity index (χ1n) is 10.5. The molecular formula is C25H32N2O2. The molecule has 0 aromatic heterocycles. The van der Waals surface area contributed by atoms with Gasteiger partial charge < -0.3 is 9.80 Å². The van der Waals surface area contributed by atoms with Crippen LogP contribution >= 0.6 is 0 Å². The summed E-state index contributed by atoms with van der Waals surface area (Å²) in [4.78, 5) is 27.1. The lowest BCUT2D eigenvalue weighted by Gasteiger charge is -2.10. The fourth-order valence-corrected chi connectivity index (χ4v) is 3.86. The topological polar surface area (TPSA) is 40.6 Å². The number of fused-ring (bicyclic) bond motifs is 2. The van der Waals surface area contributed by atoms with Crippen LogP contribution in [0.1, 0.15) is 89.4 Å². The van der Waals surface area contributed by atoms with Crippen molar-refractivity contribution in [2.45, 2.75) is 59.5 Å². The Hall–Kier alpha value is -2.62. The van der Waals surface area contributed by atoms with E-state index in [2.05, 4.69) is 52.0 Å². The van der Waals surface area contributed by atoms with E-state index in [9.17, 15) is 9.59 Å². The van der Waals surface area contributed by atoms with E-state index >= 15 is 0 Å². The van der Waals surface area contributed by atoms with E-state index in [1.54, 1.807) is 4.90 Å². The standard InChI is InChI=1S/C13H17NO.C12H15NO/c1-4-14-8-11-7-10(9(2)3)5-6-12(11)13(14)15;1-8(2)9-4-5-11-10(6-9)7-13(3)12(11)14/h5-7,9H,4,8H2,1-3H3;4-6,8H,7H2,1-3H3. The number of carbonyl (C=O) groups excluding carboxylic acids is 2. The Labute approximate surface area is 174 Å². The van der Waals surface area contributed by atoms with E-state index in [0.29, 0.717) is 11.8 Å². The Balaban J connectivity index is 0.000000166. The van der Waals surface area contributed by atoms with E-state index < -0.39 is 0 Å². The molecule has 0 atom stereocenters. The Morgan fingerprint density at radius 1 is 0.793 bits per heavy atom. The Morgan fingerprint density at radius 2 is 1.28 bits per heavy atom. The molecule has 0 N–H and O–H groups in total. The predicted octanol–water partition coefficient (Wildman–Crippen LogP) is 5.18. The van der Waals surface area contributed by atoms with Crippen LogP contribution in [0.5, 0.6) is 0 Å². The molecule has 0 bridgehead atoms. The molecule has 0 saturated heterocycles. The van der Waals surface area contributed by atoms with Gasteiger partial charge in [0.15, 0.2) is 0 Å². The molecule has 0 spiro atoms. The van der Waals surface area contributed by atoms with Gasteiger partial charge in [0.05, 0.1) is 0 Å². The molecule has 0 unspecified atom stereocenters. The predicted molar refractivity (Wildman–Crippen MR) is 117 cm³/mol. The Kier molecular flexibility index (Phi) is 6.11. The van der Waals surface area contributed by atoms with Crippen LogP contribution in [0, 0.1) is 0 Å². The number of hydrogen-bond acceptors (Lipinski definition) is 2. The largest absolute Gasteiger partial charge is 0.337 e. The van der Waals surface area contributed by atoms with Gasteiger partial charge in [-0.2, -0.15) is 0 Å². The molecule has 4 heteroatoms. The van der Waals surface area contributed by atoms with Crippen molar-refractivity contribution >= 4 is 11.8 Å². The molecule has 2 amide bonds. The number of amides is 2. The first-order valence-corrected chi connectivity index (χ1v) is 10.5. The molecular weight excluding hydrogens is 360 g/mol. The van der Waals surface area contributed by atoms with Crippen molar-refractivity contribution in [2.75, 3.05) is 13.6 Å². The quantitative estimate of drug-likeness (QED) is 0.722. The Bertz CT molecular complexity index is 930. The van der Waals surface area contributed by atoms with Crippen molar-refractivity contribution in [1.29, 1.82) is 0 Å². The van der Waals surface area contributed by atoms with Crippen LogP contribution in [-0.4, -0.2) is 35.2 Å². The molecule has 2 aliphatic rings. The van der Waals surface area contributed by atoms with E-state index in [-0.39, 0.29) is 11.8 Å². The molecule has 0 aliphatic carbocycles. The second kappa shape index (κ2) is 8.40. The second-order valence-electron chi connectivity index (χ2n) is 8.62. The van der Waals surface area contributed by atoms with Crippen LogP contribution in [0.15, 0.2) is 36.4 Å². The smallest absolute Gasteiger partial charge is 0.254 e. The maximum Gasteiger partial charge on any atom is 0.254 e. The van der Waals surface area contributed by atoms with Gasteiger partial charge in [0.2, 0.25) is 0 Å². The van der Waals surface area contributed by atoms with Crippen molar-refractivity contribution in [3.8, 4) is 0 Å². The van der Waals surface area contributed by atoms with Crippen molar-refractivity contribution in [2.24, 2.45) is 0 Å². The average Bonchev–Trinajstić information content (AvgIpc) is 3.17. The van der Waals surface area contributed by atoms with Gasteiger partial charge in [0, 0.05) is 37.8 Å². The molecule has 2 aliphatic heterocycles. The molecule has 2 aromatic carbocycles. The van der Waals surface area contributed by atoms with Gasteiger partial charge in [0.1, 0.15) is 0 Å². The highest BCUT2D eigenvalue weighted by atomic mass is 16.2. The summed E-state index contributed by atoms with van der Waals surface area (Å²) in [5.74, 6) is 1.39. The first-order chi connectivity index (χ1) is 13.7. The van der Waals surface area contributed by atoms with Gasteiger partial charge in [-0.05, 0) is 53.1 Å². The lowest BCUT2D eigenvalue weighted by molar-refractivity contribution is 0.0785. The monoisotopic (exact) mass is 392 g/mol.